The fraction of sp³-hybridized carbons (Fsp3) is 0. The van der Waals surface area contributed by atoms with Crippen molar-refractivity contribution < 1.29 is 9.72 Å². The monoisotopic (exact) mass is 389 g/mol. The first kappa shape index (κ1) is 19.3. The van der Waals surface area contributed by atoms with Crippen molar-refractivity contribution in [2.45, 2.75) is 0 Å². The quantitative estimate of drug-likeness (QED) is 0.165. The molecule has 0 spiro atoms. The normalized spacial score (nSPS) is 11.5. The van der Waals surface area contributed by atoms with Gasteiger partial charge in [-0.25, -0.2) is 0 Å². The number of halogens is 1. The molecule has 0 fully saturated rings. The lowest BCUT2D eigenvalue weighted by Crippen LogP contribution is -2.01. The molecule has 3 aromatic rings. The maximum absolute atomic E-state index is 13.0. The van der Waals surface area contributed by atoms with Gasteiger partial charge in [0.05, 0.1) is 4.92 Å². The summed E-state index contributed by atoms with van der Waals surface area (Å²) in [5.41, 5.74) is 2.62. The molecular formula is C23H16ClNO3. The lowest BCUT2D eigenvalue weighted by molar-refractivity contribution is -0.384. The summed E-state index contributed by atoms with van der Waals surface area (Å²) in [5, 5.41) is 11.4. The highest BCUT2D eigenvalue weighted by molar-refractivity contribution is 6.30. The third-order valence-corrected chi connectivity index (χ3v) is 4.30. The van der Waals surface area contributed by atoms with E-state index in [9.17, 15) is 14.9 Å². The number of rotatable bonds is 6. The molecule has 0 aromatic heterocycles. The first-order chi connectivity index (χ1) is 13.5. The Morgan fingerprint density at radius 3 is 2.11 bits per heavy atom. The predicted octanol–water partition coefficient (Wildman–Crippen LogP) is 6.23. The molecule has 0 aliphatic heterocycles. The Hall–Kier alpha value is -3.50. The van der Waals surface area contributed by atoms with Crippen molar-refractivity contribution in [3.63, 3.8) is 0 Å². The van der Waals surface area contributed by atoms with Crippen molar-refractivity contribution in [2.75, 3.05) is 0 Å². The van der Waals surface area contributed by atoms with Gasteiger partial charge in [0.1, 0.15) is 0 Å². The average Bonchev–Trinajstić information content (AvgIpc) is 2.72. The van der Waals surface area contributed by atoms with E-state index in [4.69, 9.17) is 11.6 Å². The number of carbonyl (C=O) groups is 1. The highest BCUT2D eigenvalue weighted by atomic mass is 35.5. The minimum atomic E-state index is -0.456. The number of non-ortho nitro benzene ring substituents is 1. The first-order valence-corrected chi connectivity index (χ1v) is 8.90. The molecule has 0 saturated carbocycles. The smallest absolute Gasteiger partial charge is 0.269 e. The van der Waals surface area contributed by atoms with E-state index in [0.29, 0.717) is 21.7 Å². The second-order valence-corrected chi connectivity index (χ2v) is 6.46. The van der Waals surface area contributed by atoms with Gasteiger partial charge in [0, 0.05) is 28.3 Å². The van der Waals surface area contributed by atoms with E-state index in [2.05, 4.69) is 0 Å². The molecule has 0 atom stereocenters. The molecule has 0 bridgehead atoms. The molecule has 28 heavy (non-hydrogen) atoms. The molecule has 4 nitrogen and oxygen atoms in total. The van der Waals surface area contributed by atoms with E-state index < -0.39 is 4.92 Å². The molecule has 0 N–H and O–H groups in total. The number of nitro groups is 1. The van der Waals surface area contributed by atoms with Crippen LogP contribution in [0, 0.1) is 10.1 Å². The van der Waals surface area contributed by atoms with Crippen LogP contribution in [0.1, 0.15) is 21.5 Å². The summed E-state index contributed by atoms with van der Waals surface area (Å²) in [6.07, 6.45) is 5.30. The van der Waals surface area contributed by atoms with Crippen LogP contribution in [0.3, 0.4) is 0 Å². The Morgan fingerprint density at radius 2 is 1.50 bits per heavy atom. The van der Waals surface area contributed by atoms with Crippen molar-refractivity contribution in [3.8, 4) is 0 Å². The summed E-state index contributed by atoms with van der Waals surface area (Å²) in [7, 11) is 0. The van der Waals surface area contributed by atoms with Crippen LogP contribution in [0.5, 0.6) is 0 Å². The molecule has 0 aliphatic carbocycles. The van der Waals surface area contributed by atoms with Crippen LogP contribution >= 0.6 is 11.6 Å². The molecule has 0 amide bonds. The number of Topliss-reactive ketones (excluding diaryl/α,β-unsaturated/α-hetero) is 1. The summed E-state index contributed by atoms with van der Waals surface area (Å²) < 4.78 is 0. The fourth-order valence-electron chi connectivity index (χ4n) is 2.58. The highest BCUT2D eigenvalue weighted by Crippen LogP contribution is 2.19. The highest BCUT2D eigenvalue weighted by Gasteiger charge is 2.11. The van der Waals surface area contributed by atoms with Crippen molar-refractivity contribution in [3.05, 3.63) is 122 Å². The molecule has 0 saturated heterocycles. The zero-order valence-electron chi connectivity index (χ0n) is 14.8. The molecule has 138 valence electrons. The lowest BCUT2D eigenvalue weighted by atomic mass is 9.99. The van der Waals surface area contributed by atoms with Gasteiger partial charge in [-0.05, 0) is 53.6 Å². The second-order valence-electron chi connectivity index (χ2n) is 6.03. The van der Waals surface area contributed by atoms with Crippen LogP contribution in [-0.4, -0.2) is 10.7 Å². The van der Waals surface area contributed by atoms with Crippen molar-refractivity contribution in [2.24, 2.45) is 0 Å². The number of nitro benzene ring substituents is 1. The standard InChI is InChI=1S/C23H16ClNO3/c24-21-12-10-19(11-13-21)23(26)20(9-6-17-4-2-1-3-5-17)16-18-7-14-22(15-8-18)25(27)28/h1-16H/b9-6+,20-16-. The summed E-state index contributed by atoms with van der Waals surface area (Å²) in [5.74, 6) is -0.165. The van der Waals surface area contributed by atoms with E-state index >= 15 is 0 Å². The van der Waals surface area contributed by atoms with Crippen LogP contribution in [-0.2, 0) is 0 Å². The van der Waals surface area contributed by atoms with E-state index in [1.807, 2.05) is 36.4 Å². The molecule has 5 heteroatoms. The zero-order chi connectivity index (χ0) is 19.9. The average molecular weight is 390 g/mol. The van der Waals surface area contributed by atoms with Crippen LogP contribution in [0.25, 0.3) is 12.2 Å². The Morgan fingerprint density at radius 1 is 0.857 bits per heavy atom. The van der Waals surface area contributed by atoms with Gasteiger partial charge in [0.15, 0.2) is 5.78 Å². The van der Waals surface area contributed by atoms with Gasteiger partial charge in [-0.15, -0.1) is 0 Å². The van der Waals surface area contributed by atoms with Gasteiger partial charge < -0.3 is 0 Å². The van der Waals surface area contributed by atoms with Gasteiger partial charge in [0.2, 0.25) is 0 Å². The molecule has 0 aliphatic rings. The summed E-state index contributed by atoms with van der Waals surface area (Å²) in [6, 6.07) is 22.4. The number of hydrogen-bond donors (Lipinski definition) is 0. The number of carbonyl (C=O) groups excluding carboxylic acids is 1. The number of benzene rings is 3. The predicted molar refractivity (Wildman–Crippen MR) is 112 cm³/mol. The number of nitrogens with zero attached hydrogens (tertiary/aromatic N) is 1. The van der Waals surface area contributed by atoms with E-state index in [1.165, 1.54) is 12.1 Å². The van der Waals surface area contributed by atoms with Gasteiger partial charge in [-0.2, -0.15) is 0 Å². The number of hydrogen-bond acceptors (Lipinski definition) is 3. The van der Waals surface area contributed by atoms with Crippen LogP contribution in [0.4, 0.5) is 5.69 Å². The van der Waals surface area contributed by atoms with Gasteiger partial charge in [0.25, 0.3) is 5.69 Å². The summed E-state index contributed by atoms with van der Waals surface area (Å²) in [4.78, 5) is 23.4. The maximum atomic E-state index is 13.0. The molecule has 0 radical (unpaired) electrons. The topological polar surface area (TPSA) is 60.2 Å². The SMILES string of the molecule is O=C(C(=C\c1ccc([N+](=O)[O-])cc1)/C=C/c1ccccc1)c1ccc(Cl)cc1. The van der Waals surface area contributed by atoms with Crippen molar-refractivity contribution in [1.29, 1.82) is 0 Å². The van der Waals surface area contributed by atoms with Gasteiger partial charge in [-0.3, -0.25) is 14.9 Å². The Bertz CT molecular complexity index is 1040. The zero-order valence-corrected chi connectivity index (χ0v) is 15.5. The van der Waals surface area contributed by atoms with Gasteiger partial charge >= 0.3 is 0 Å². The Kier molecular flexibility index (Phi) is 6.14. The van der Waals surface area contributed by atoms with E-state index in [0.717, 1.165) is 5.56 Å². The Labute approximate surface area is 167 Å². The molecule has 3 rings (SSSR count). The van der Waals surface area contributed by atoms with Crippen molar-refractivity contribution >= 4 is 35.2 Å². The minimum absolute atomic E-state index is 0.00237. The molecular weight excluding hydrogens is 374 g/mol. The second kappa shape index (κ2) is 8.93. The lowest BCUT2D eigenvalue weighted by Gasteiger charge is -2.04. The molecule has 0 unspecified atom stereocenters. The summed E-state index contributed by atoms with van der Waals surface area (Å²) >= 11 is 5.91. The van der Waals surface area contributed by atoms with E-state index in [1.54, 1.807) is 48.6 Å². The fourth-order valence-corrected chi connectivity index (χ4v) is 2.71. The van der Waals surface area contributed by atoms with Crippen molar-refractivity contribution in [1.82, 2.24) is 0 Å². The Balaban J connectivity index is 1.97. The van der Waals surface area contributed by atoms with Gasteiger partial charge in [-0.1, -0.05) is 54.1 Å². The van der Waals surface area contributed by atoms with E-state index in [-0.39, 0.29) is 11.5 Å². The largest absolute Gasteiger partial charge is 0.289 e. The maximum Gasteiger partial charge on any atom is 0.269 e. The van der Waals surface area contributed by atoms with Crippen LogP contribution < -0.4 is 0 Å². The minimum Gasteiger partial charge on any atom is -0.289 e. The molecule has 3 aromatic carbocycles. The third kappa shape index (κ3) is 5.02. The third-order valence-electron chi connectivity index (χ3n) is 4.05. The summed E-state index contributed by atoms with van der Waals surface area (Å²) in [6.45, 7) is 0. The van der Waals surface area contributed by atoms with Crippen LogP contribution in [0.2, 0.25) is 5.02 Å². The molecule has 0 heterocycles. The first-order valence-electron chi connectivity index (χ1n) is 8.52. The number of allylic oxidation sites excluding steroid dienone is 2. The van der Waals surface area contributed by atoms with Crippen LogP contribution in [0.15, 0.2) is 90.5 Å². The number of ketones is 1.